The Labute approximate surface area is 843 Å². The van der Waals surface area contributed by atoms with Gasteiger partial charge in [0.15, 0.2) is 0 Å². The SMILES string of the molecule is CC(C)Cn1c2c[c-]c(-c3ccccn3)cc2c2ccccc21.CC(C)Cn1c2ccccc2c2c[c-]c(-c3ccccn3)cc21.Cc1ccnc(-c2[c-]ccc3c4ccccc4n(CC(C)C)c23)c1.[CH2-]c1ccccc1-c1cc(CC)c(-c2ccccc2)cn1.[CH2-]c1ccccc1-c1cc(CC)c(-c2ccccc2)cn1.[CH2-]c1ccccc1-c1cc(CC)c(-c2ccccc2)cn1.[Ir].[Ir].[Ir]. The summed E-state index contributed by atoms with van der Waals surface area (Å²) in [6.07, 6.45) is 14.4. The second kappa shape index (κ2) is 47.6. The molecular formula is C124H113Ir3N9-6. The van der Waals surface area contributed by atoms with Gasteiger partial charge in [0.25, 0.3) is 0 Å². The Morgan fingerprint density at radius 3 is 1.05 bits per heavy atom. The number of hydrogen-bond donors (Lipinski definition) is 0. The summed E-state index contributed by atoms with van der Waals surface area (Å²) in [4.78, 5) is 27.5. The predicted molar refractivity (Wildman–Crippen MR) is 561 cm³/mol. The van der Waals surface area contributed by atoms with Crippen LogP contribution in [0.5, 0.6) is 0 Å². The van der Waals surface area contributed by atoms with Gasteiger partial charge in [-0.05, 0) is 182 Å². The third-order valence-corrected chi connectivity index (χ3v) is 24.1. The van der Waals surface area contributed by atoms with Gasteiger partial charge in [0.1, 0.15) is 0 Å². The summed E-state index contributed by atoms with van der Waals surface area (Å²) in [6.45, 7) is 37.5. The maximum absolute atomic E-state index is 4.65. The van der Waals surface area contributed by atoms with Crippen LogP contribution in [0.1, 0.15) is 101 Å². The number of aromatic nitrogens is 9. The molecule has 21 aromatic rings. The van der Waals surface area contributed by atoms with Gasteiger partial charge in [-0.25, -0.2) is 0 Å². The minimum atomic E-state index is 0. The molecule has 12 aromatic carbocycles. The third kappa shape index (κ3) is 23.3. The van der Waals surface area contributed by atoms with E-state index < -0.39 is 0 Å². The van der Waals surface area contributed by atoms with Crippen molar-refractivity contribution < 1.29 is 60.3 Å². The molecule has 0 fully saturated rings. The molecule has 0 aliphatic heterocycles. The van der Waals surface area contributed by atoms with E-state index in [0.717, 1.165) is 123 Å². The predicted octanol–water partition coefficient (Wildman–Crippen LogP) is 31.7. The Kier molecular flexibility index (Phi) is 35.0. The maximum Gasteiger partial charge on any atom is 0.0391 e. The first kappa shape index (κ1) is 100.0. The van der Waals surface area contributed by atoms with Crippen LogP contribution in [0, 0.1) is 63.6 Å². The van der Waals surface area contributed by atoms with Gasteiger partial charge in [-0.15, -0.1) is 124 Å². The van der Waals surface area contributed by atoms with Crippen molar-refractivity contribution in [2.24, 2.45) is 17.8 Å². The first-order chi connectivity index (χ1) is 65.0. The number of pyridine rings is 6. The van der Waals surface area contributed by atoms with Crippen LogP contribution >= 0.6 is 0 Å². The monoisotopic (exact) mass is 2310 g/mol. The van der Waals surface area contributed by atoms with Crippen LogP contribution in [-0.2, 0) is 99.2 Å². The number of hydrogen-bond acceptors (Lipinski definition) is 6. The minimum Gasteiger partial charge on any atom is -0.380 e. The molecule has 0 N–H and O–H groups in total. The van der Waals surface area contributed by atoms with Gasteiger partial charge in [0.05, 0.1) is 0 Å². The van der Waals surface area contributed by atoms with Crippen LogP contribution in [0.4, 0.5) is 0 Å². The zero-order chi connectivity index (χ0) is 92.3. The summed E-state index contributed by atoms with van der Waals surface area (Å²) < 4.78 is 7.27. The van der Waals surface area contributed by atoms with E-state index in [0.29, 0.717) is 17.8 Å². The Morgan fingerprint density at radius 2 is 0.640 bits per heavy atom. The first-order valence-electron chi connectivity index (χ1n) is 46.4. The third-order valence-electron chi connectivity index (χ3n) is 24.1. The van der Waals surface area contributed by atoms with Crippen LogP contribution in [0.25, 0.3) is 166 Å². The van der Waals surface area contributed by atoms with E-state index in [9.17, 15) is 0 Å². The van der Waals surface area contributed by atoms with E-state index in [4.69, 9.17) is 0 Å². The summed E-state index contributed by atoms with van der Waals surface area (Å²) in [5.74, 6) is 1.77. The number of fused-ring (bicyclic) bond motifs is 9. The Bertz CT molecular complexity index is 7190. The molecule has 21 rings (SSSR count). The largest absolute Gasteiger partial charge is 0.380 e. The Hall–Kier alpha value is -13.5. The van der Waals surface area contributed by atoms with Crippen molar-refractivity contribution >= 4 is 65.4 Å². The normalized spacial score (nSPS) is 10.9. The molecule has 687 valence electrons. The van der Waals surface area contributed by atoms with Gasteiger partial charge in [0, 0.05) is 167 Å². The molecule has 9 nitrogen and oxygen atoms in total. The number of nitrogens with zero attached hydrogens (tertiary/aromatic N) is 9. The molecule has 12 heteroatoms. The van der Waals surface area contributed by atoms with Crippen molar-refractivity contribution in [1.82, 2.24) is 43.6 Å². The molecule has 0 amide bonds. The topological polar surface area (TPSA) is 92.1 Å². The van der Waals surface area contributed by atoms with Crippen molar-refractivity contribution in [1.29, 1.82) is 0 Å². The Morgan fingerprint density at radius 1 is 0.279 bits per heavy atom. The van der Waals surface area contributed by atoms with Crippen LogP contribution in [0.3, 0.4) is 0 Å². The number of benzene rings is 12. The fourth-order valence-corrected chi connectivity index (χ4v) is 17.7. The molecule has 0 aliphatic carbocycles. The molecule has 0 saturated heterocycles. The zero-order valence-corrected chi connectivity index (χ0v) is 86.1. The molecule has 0 bridgehead atoms. The molecule has 0 spiro atoms. The van der Waals surface area contributed by atoms with Crippen molar-refractivity contribution in [3.05, 3.63) is 455 Å². The molecular weight excluding hydrogens is 2190 g/mol. The maximum atomic E-state index is 4.65. The minimum absolute atomic E-state index is 0. The average molecular weight is 2310 g/mol. The average Bonchev–Trinajstić information content (AvgIpc) is 1.59. The smallest absolute Gasteiger partial charge is 0.0391 e. The summed E-state index contributed by atoms with van der Waals surface area (Å²) in [6, 6.07) is 127. The standard InChI is InChI=1S/C22H21N2.2C21H19N2.3C20H18N.3Ir/c1-15(2)14-24-21-10-5-4-7-17(21)18-8-6-9-19(22(18)24)20-13-16(3)11-12-23-20;1-15(2)14-23-20-9-4-3-7-17(20)18-13-16(10-11-21(18)23)19-8-5-6-12-22-19;1-15(2)14-23-20-9-4-3-7-17(20)18-11-10-16(13-21(18)23)19-8-5-6-12-22-19;3*1-3-16-13-20(18-12-8-7-9-15(18)2)21-14-19(16)17-10-5-4-6-11-17;;;/h4-8,10-13,15H,14H2,1-3H3;2*3-9,11-13,15H,14H2,1-2H3;3*4-14H,2-3H2,1H3;;;/q6*-1;;;. The fraction of sp³-hybridized carbons (Fsp3) is 0.153. The molecule has 9 heterocycles. The van der Waals surface area contributed by atoms with Gasteiger partial charge in [-0.1, -0.05) is 278 Å². The number of aryl methyl sites for hydroxylation is 4. The second-order valence-corrected chi connectivity index (χ2v) is 34.9. The van der Waals surface area contributed by atoms with E-state index >= 15 is 0 Å². The second-order valence-electron chi connectivity index (χ2n) is 34.9. The molecule has 136 heavy (non-hydrogen) atoms. The van der Waals surface area contributed by atoms with Gasteiger partial charge in [0.2, 0.25) is 0 Å². The molecule has 0 saturated carbocycles. The zero-order valence-electron chi connectivity index (χ0n) is 78.9. The van der Waals surface area contributed by atoms with Crippen LogP contribution in [0.2, 0.25) is 0 Å². The summed E-state index contributed by atoms with van der Waals surface area (Å²) in [5, 5.41) is 7.72. The van der Waals surface area contributed by atoms with E-state index in [1.54, 1.807) is 0 Å². The summed E-state index contributed by atoms with van der Waals surface area (Å²) in [5.41, 5.74) is 35.5. The molecule has 0 unspecified atom stereocenters. The first-order valence-corrected chi connectivity index (χ1v) is 46.4. The van der Waals surface area contributed by atoms with Crippen molar-refractivity contribution in [2.45, 2.75) is 108 Å². The number of para-hydroxylation sites is 3. The van der Waals surface area contributed by atoms with E-state index in [-0.39, 0.29) is 60.3 Å². The fourth-order valence-electron chi connectivity index (χ4n) is 17.7. The van der Waals surface area contributed by atoms with Crippen molar-refractivity contribution in [2.75, 3.05) is 0 Å². The van der Waals surface area contributed by atoms with Gasteiger partial charge in [-0.3, -0.25) is 15.0 Å². The quantitative estimate of drug-likeness (QED) is 0.0795. The molecule has 0 atom stereocenters. The Balaban J connectivity index is 0.000000138. The number of rotatable bonds is 18. The van der Waals surface area contributed by atoms with Crippen LogP contribution in [0.15, 0.2) is 377 Å². The van der Waals surface area contributed by atoms with E-state index in [1.165, 1.54) is 121 Å². The van der Waals surface area contributed by atoms with Crippen LogP contribution in [-0.4, -0.2) is 43.6 Å². The van der Waals surface area contributed by atoms with Crippen LogP contribution < -0.4 is 0 Å². The van der Waals surface area contributed by atoms with E-state index in [1.807, 2.05) is 159 Å². The van der Waals surface area contributed by atoms with Gasteiger partial charge < -0.3 is 28.7 Å². The van der Waals surface area contributed by atoms with Crippen molar-refractivity contribution in [3.8, 4) is 101 Å². The molecule has 3 radical (unpaired) electrons. The summed E-state index contributed by atoms with van der Waals surface area (Å²) >= 11 is 0. The van der Waals surface area contributed by atoms with Gasteiger partial charge in [-0.2, -0.15) is 55.7 Å². The molecule has 0 aliphatic rings. The van der Waals surface area contributed by atoms with Crippen molar-refractivity contribution in [3.63, 3.8) is 0 Å². The van der Waals surface area contributed by atoms with E-state index in [2.05, 4.69) is 370 Å². The summed E-state index contributed by atoms with van der Waals surface area (Å²) in [7, 11) is 0. The van der Waals surface area contributed by atoms with Gasteiger partial charge >= 0.3 is 0 Å². The molecule has 9 aromatic heterocycles.